The molecule has 1 aliphatic carbocycles. The second-order valence-electron chi connectivity index (χ2n) is 7.55. The number of rotatable bonds is 6. The lowest BCUT2D eigenvalue weighted by Gasteiger charge is -2.39. The van der Waals surface area contributed by atoms with Crippen LogP contribution in [-0.2, 0) is 0 Å². The Balaban J connectivity index is 1.56. The molecule has 0 saturated heterocycles. The second kappa shape index (κ2) is 8.70. The maximum absolute atomic E-state index is 13.0. The van der Waals surface area contributed by atoms with Crippen molar-refractivity contribution in [1.29, 1.82) is 0 Å². The number of ether oxygens (including phenoxy) is 1. The van der Waals surface area contributed by atoms with Crippen LogP contribution in [0.3, 0.4) is 0 Å². The molecule has 3 heterocycles. The monoisotopic (exact) mass is 477 g/mol. The summed E-state index contributed by atoms with van der Waals surface area (Å²) in [4.78, 5) is 21.4. The number of nitrogens with one attached hydrogen (secondary N) is 1. The molecule has 31 heavy (non-hydrogen) atoms. The summed E-state index contributed by atoms with van der Waals surface area (Å²) >= 11 is 8.95. The number of hydrogen-bond donors (Lipinski definition) is 2. The summed E-state index contributed by atoms with van der Waals surface area (Å²) in [6, 6.07) is 3.45. The third-order valence-electron chi connectivity index (χ3n) is 4.86. The smallest absolute Gasteiger partial charge is 0.259 e. The van der Waals surface area contributed by atoms with E-state index in [9.17, 15) is 9.90 Å². The Morgan fingerprint density at radius 3 is 2.77 bits per heavy atom. The predicted molar refractivity (Wildman–Crippen MR) is 121 cm³/mol. The molecule has 3 aromatic rings. The van der Waals surface area contributed by atoms with Crippen molar-refractivity contribution in [2.24, 2.45) is 0 Å². The molecule has 1 aliphatic rings. The fourth-order valence-corrected chi connectivity index (χ4v) is 6.10. The topological polar surface area (TPSA) is 110 Å². The molecule has 0 aliphatic heterocycles. The molecule has 8 nitrogen and oxygen atoms in total. The van der Waals surface area contributed by atoms with E-state index in [1.165, 1.54) is 30.8 Å². The van der Waals surface area contributed by atoms with Gasteiger partial charge in [0.15, 0.2) is 4.34 Å². The normalized spacial score (nSPS) is 20.2. The summed E-state index contributed by atoms with van der Waals surface area (Å²) in [7, 11) is 1.53. The number of aliphatic hydroxyl groups is 1. The first kappa shape index (κ1) is 21.9. The molecule has 0 bridgehead atoms. The second-order valence-corrected chi connectivity index (χ2v) is 10.5. The van der Waals surface area contributed by atoms with E-state index >= 15 is 0 Å². The largest absolute Gasteiger partial charge is 0.494 e. The molecule has 3 aromatic heterocycles. The van der Waals surface area contributed by atoms with Gasteiger partial charge in [-0.05, 0) is 38.8 Å². The molecule has 0 aromatic carbocycles. The highest BCUT2D eigenvalue weighted by molar-refractivity contribution is 8.01. The van der Waals surface area contributed by atoms with E-state index in [0.717, 1.165) is 10.0 Å². The Kier molecular flexibility index (Phi) is 6.16. The molecule has 1 saturated carbocycles. The molecular formula is C20H20ClN5O3S2. The highest BCUT2D eigenvalue weighted by Crippen LogP contribution is 2.44. The SMILES string of the molecule is COc1cnc(Cl)cc1-c1cc(C)ncc1C(=O)Nc1nnc(SC2CC(C)(O)C2)s1. The van der Waals surface area contributed by atoms with Crippen molar-refractivity contribution in [3.63, 3.8) is 0 Å². The highest BCUT2D eigenvalue weighted by atomic mass is 35.5. The molecule has 1 amide bonds. The van der Waals surface area contributed by atoms with Gasteiger partial charge < -0.3 is 9.84 Å². The van der Waals surface area contributed by atoms with Gasteiger partial charge in [-0.15, -0.1) is 10.2 Å². The fourth-order valence-electron chi connectivity index (χ4n) is 3.37. The average molecular weight is 478 g/mol. The third-order valence-corrected chi connectivity index (χ3v) is 7.19. The lowest BCUT2D eigenvalue weighted by Crippen LogP contribution is -2.42. The van der Waals surface area contributed by atoms with Crippen molar-refractivity contribution >= 4 is 45.7 Å². The zero-order valence-electron chi connectivity index (χ0n) is 17.0. The van der Waals surface area contributed by atoms with Crippen molar-refractivity contribution in [2.45, 2.75) is 41.9 Å². The number of anilines is 1. The van der Waals surface area contributed by atoms with Crippen molar-refractivity contribution in [3.8, 4) is 16.9 Å². The number of carbonyl (C=O) groups is 1. The summed E-state index contributed by atoms with van der Waals surface area (Å²) in [5.74, 6) is 0.131. The van der Waals surface area contributed by atoms with E-state index in [1.54, 1.807) is 23.9 Å². The van der Waals surface area contributed by atoms with Gasteiger partial charge in [0.1, 0.15) is 10.9 Å². The zero-order chi connectivity index (χ0) is 22.2. The molecular weight excluding hydrogens is 458 g/mol. The summed E-state index contributed by atoms with van der Waals surface area (Å²) in [6.07, 6.45) is 4.46. The van der Waals surface area contributed by atoms with Crippen LogP contribution >= 0.6 is 34.7 Å². The van der Waals surface area contributed by atoms with Crippen LogP contribution in [0.4, 0.5) is 5.13 Å². The van der Waals surface area contributed by atoms with E-state index in [2.05, 4.69) is 25.5 Å². The molecule has 4 rings (SSSR count). The van der Waals surface area contributed by atoms with Crippen LogP contribution in [0.15, 0.2) is 28.9 Å². The number of aromatic nitrogens is 4. The average Bonchev–Trinajstić information content (AvgIpc) is 3.13. The van der Waals surface area contributed by atoms with Gasteiger partial charge in [0.05, 0.1) is 24.5 Å². The molecule has 11 heteroatoms. The molecule has 162 valence electrons. The molecule has 2 N–H and O–H groups in total. The Morgan fingerprint density at radius 2 is 2.06 bits per heavy atom. The minimum atomic E-state index is -0.592. The standard InChI is InChI=1S/C20H20ClN5O3S2/c1-10-4-12(13-5-16(21)23-9-15(13)29-3)14(8-22-10)17(27)24-18-25-26-19(31-18)30-11-6-20(2,28)7-11/h4-5,8-9,11,28H,6-7H2,1-3H3,(H,24,25,27). The first-order chi connectivity index (χ1) is 14.7. The predicted octanol–water partition coefficient (Wildman–Crippen LogP) is 4.22. The van der Waals surface area contributed by atoms with Crippen LogP contribution < -0.4 is 10.1 Å². The summed E-state index contributed by atoms with van der Waals surface area (Å²) in [5, 5.41) is 21.9. The van der Waals surface area contributed by atoms with Crippen molar-refractivity contribution in [2.75, 3.05) is 12.4 Å². The number of amides is 1. The van der Waals surface area contributed by atoms with E-state index in [-0.39, 0.29) is 11.1 Å². The Labute approximate surface area is 192 Å². The van der Waals surface area contributed by atoms with Crippen LogP contribution in [0, 0.1) is 6.92 Å². The van der Waals surface area contributed by atoms with Crippen LogP contribution in [0.5, 0.6) is 5.75 Å². The van der Waals surface area contributed by atoms with Gasteiger partial charge in [0.25, 0.3) is 5.91 Å². The van der Waals surface area contributed by atoms with Gasteiger partial charge >= 0.3 is 0 Å². The van der Waals surface area contributed by atoms with Crippen molar-refractivity contribution < 1.29 is 14.6 Å². The van der Waals surface area contributed by atoms with E-state index < -0.39 is 5.60 Å². The summed E-state index contributed by atoms with van der Waals surface area (Å²) < 4.78 is 6.16. The number of thioether (sulfide) groups is 1. The zero-order valence-corrected chi connectivity index (χ0v) is 19.4. The van der Waals surface area contributed by atoms with Gasteiger partial charge in [0.2, 0.25) is 5.13 Å². The summed E-state index contributed by atoms with van der Waals surface area (Å²) in [5.41, 5.74) is 1.77. The Hall–Kier alpha value is -2.27. The molecule has 0 radical (unpaired) electrons. The van der Waals surface area contributed by atoms with Crippen LogP contribution in [0.25, 0.3) is 11.1 Å². The highest BCUT2D eigenvalue weighted by Gasteiger charge is 2.39. The van der Waals surface area contributed by atoms with Gasteiger partial charge in [-0.25, -0.2) is 4.98 Å². The number of nitrogens with zero attached hydrogens (tertiary/aromatic N) is 4. The molecule has 0 spiro atoms. The van der Waals surface area contributed by atoms with Crippen molar-refractivity contribution in [1.82, 2.24) is 20.2 Å². The third kappa shape index (κ3) is 4.98. The van der Waals surface area contributed by atoms with E-state index in [1.807, 2.05) is 13.8 Å². The lowest BCUT2D eigenvalue weighted by atomic mass is 9.82. The van der Waals surface area contributed by atoms with Gasteiger partial charge in [-0.1, -0.05) is 34.7 Å². The Bertz CT molecular complexity index is 1130. The summed E-state index contributed by atoms with van der Waals surface area (Å²) in [6.45, 7) is 3.67. The van der Waals surface area contributed by atoms with Crippen LogP contribution in [0.2, 0.25) is 5.15 Å². The minimum Gasteiger partial charge on any atom is -0.494 e. The number of halogens is 1. The van der Waals surface area contributed by atoms with Crippen LogP contribution in [0.1, 0.15) is 35.8 Å². The number of carbonyl (C=O) groups excluding carboxylic acids is 1. The van der Waals surface area contributed by atoms with Crippen molar-refractivity contribution in [3.05, 3.63) is 40.9 Å². The quantitative estimate of drug-likeness (QED) is 0.401. The Morgan fingerprint density at radius 1 is 1.29 bits per heavy atom. The van der Waals surface area contributed by atoms with Crippen LogP contribution in [-0.4, -0.2) is 49.1 Å². The van der Waals surface area contributed by atoms with E-state index in [0.29, 0.717) is 45.7 Å². The number of aryl methyl sites for hydroxylation is 1. The number of hydrogen-bond acceptors (Lipinski definition) is 9. The van der Waals surface area contributed by atoms with E-state index in [4.69, 9.17) is 16.3 Å². The van der Waals surface area contributed by atoms with Gasteiger partial charge in [-0.3, -0.25) is 15.1 Å². The molecule has 1 fully saturated rings. The number of methoxy groups -OCH3 is 1. The lowest BCUT2D eigenvalue weighted by molar-refractivity contribution is -0.00944. The maximum atomic E-state index is 13.0. The first-order valence-corrected chi connectivity index (χ1v) is 11.5. The molecule has 0 unspecified atom stereocenters. The first-order valence-electron chi connectivity index (χ1n) is 9.44. The minimum absolute atomic E-state index is 0.289. The maximum Gasteiger partial charge on any atom is 0.259 e. The van der Waals surface area contributed by atoms with Gasteiger partial charge in [-0.2, -0.15) is 0 Å². The fraction of sp³-hybridized carbons (Fsp3) is 0.350. The molecule has 0 atom stereocenters. The number of pyridine rings is 2. The van der Waals surface area contributed by atoms with Gasteiger partial charge in [0, 0.05) is 28.3 Å².